The smallest absolute Gasteiger partial charge is 0.133 e. The van der Waals surface area contributed by atoms with Gasteiger partial charge in [0.1, 0.15) is 23.7 Å². The normalized spacial score (nSPS) is 17.2. The summed E-state index contributed by atoms with van der Waals surface area (Å²) in [5.41, 5.74) is 0.100. The lowest BCUT2D eigenvalue weighted by atomic mass is 9.95. The Kier molecular flexibility index (Phi) is 7.60. The number of aliphatic hydroxyl groups excluding tert-OH is 2. The van der Waals surface area contributed by atoms with E-state index in [9.17, 15) is 10.2 Å². The molecule has 3 nitrogen and oxygen atoms in total. The van der Waals surface area contributed by atoms with E-state index in [0.717, 1.165) is 0 Å². The van der Waals surface area contributed by atoms with Crippen molar-refractivity contribution >= 4 is 15.9 Å². The lowest BCUT2D eigenvalue weighted by Gasteiger charge is -2.12. The lowest BCUT2D eigenvalue weighted by molar-refractivity contribution is 0.124. The maximum Gasteiger partial charge on any atom is 0.133 e. The van der Waals surface area contributed by atoms with Gasteiger partial charge in [0.05, 0.1) is 0 Å². The summed E-state index contributed by atoms with van der Waals surface area (Å²) in [6.07, 6.45) is 7.54. The minimum absolute atomic E-state index is 0.100. The van der Waals surface area contributed by atoms with Gasteiger partial charge in [0.15, 0.2) is 0 Å². The van der Waals surface area contributed by atoms with E-state index >= 15 is 0 Å². The number of allylic oxidation sites excluding steroid dienone is 2. The van der Waals surface area contributed by atoms with Gasteiger partial charge in [-0.25, -0.2) is 0 Å². The first kappa shape index (κ1) is 19.2. The van der Waals surface area contributed by atoms with Gasteiger partial charge in [-0.1, -0.05) is 61.0 Å². The first-order valence-corrected chi connectivity index (χ1v) is 8.55. The van der Waals surface area contributed by atoms with Gasteiger partial charge >= 0.3 is 0 Å². The molecule has 124 valence electrons. The molecule has 0 spiro atoms. The number of rotatable bonds is 7. The fraction of sp³-hybridized carbons (Fsp3) is 0.556. The van der Waals surface area contributed by atoms with Gasteiger partial charge in [-0.3, -0.25) is 0 Å². The van der Waals surface area contributed by atoms with Crippen molar-refractivity contribution < 1.29 is 14.6 Å². The molecule has 4 heteroatoms. The zero-order valence-corrected chi connectivity index (χ0v) is 15.4. The summed E-state index contributed by atoms with van der Waals surface area (Å²) in [5.74, 6) is 0.978. The summed E-state index contributed by atoms with van der Waals surface area (Å²) in [5, 5.41) is 20.2. The van der Waals surface area contributed by atoms with Crippen LogP contribution in [0.15, 0.2) is 40.9 Å². The Hall–Kier alpha value is -0.840. The van der Waals surface area contributed by atoms with Crippen LogP contribution in [0.5, 0.6) is 0 Å². The van der Waals surface area contributed by atoms with Crippen LogP contribution in [-0.2, 0) is 0 Å². The molecule has 1 aromatic heterocycles. The SMILES string of the molecule is CC(Br)/C=C/CC(O)c1ccc(C(O)C/C=C/C(C)(C)C)o1. The van der Waals surface area contributed by atoms with Crippen LogP contribution < -0.4 is 0 Å². The van der Waals surface area contributed by atoms with Crippen LogP contribution in [0.2, 0.25) is 0 Å². The van der Waals surface area contributed by atoms with E-state index in [4.69, 9.17) is 4.42 Å². The molecule has 1 rings (SSSR count). The average Bonchev–Trinajstić information content (AvgIpc) is 2.86. The predicted molar refractivity (Wildman–Crippen MR) is 94.0 cm³/mol. The van der Waals surface area contributed by atoms with Crippen LogP contribution in [0, 0.1) is 5.41 Å². The molecule has 0 saturated carbocycles. The topological polar surface area (TPSA) is 53.6 Å². The third-order valence-corrected chi connectivity index (χ3v) is 3.35. The van der Waals surface area contributed by atoms with E-state index in [-0.39, 0.29) is 10.2 Å². The maximum atomic E-state index is 10.1. The first-order chi connectivity index (χ1) is 10.2. The molecular weight excluding hydrogens is 344 g/mol. The Morgan fingerprint density at radius 3 is 2.05 bits per heavy atom. The van der Waals surface area contributed by atoms with Crippen LogP contribution in [0.3, 0.4) is 0 Å². The van der Waals surface area contributed by atoms with Gasteiger partial charge in [0, 0.05) is 4.83 Å². The molecule has 0 saturated heterocycles. The van der Waals surface area contributed by atoms with Gasteiger partial charge in [-0.05, 0) is 37.3 Å². The number of halogens is 1. The van der Waals surface area contributed by atoms with Crippen molar-refractivity contribution in [3.8, 4) is 0 Å². The van der Waals surface area contributed by atoms with Crippen molar-refractivity contribution in [1.29, 1.82) is 0 Å². The molecular formula is C18H27BrO3. The largest absolute Gasteiger partial charge is 0.461 e. The van der Waals surface area contributed by atoms with Crippen LogP contribution >= 0.6 is 15.9 Å². The number of hydrogen-bond donors (Lipinski definition) is 2. The van der Waals surface area contributed by atoms with Gasteiger partial charge in [0.2, 0.25) is 0 Å². The highest BCUT2D eigenvalue weighted by Crippen LogP contribution is 2.26. The number of furan rings is 1. The van der Waals surface area contributed by atoms with Gasteiger partial charge in [0.25, 0.3) is 0 Å². The molecule has 0 aromatic carbocycles. The summed E-state index contributed by atoms with van der Waals surface area (Å²) in [6.45, 7) is 8.34. The monoisotopic (exact) mass is 370 g/mol. The maximum absolute atomic E-state index is 10.1. The van der Waals surface area contributed by atoms with Crippen molar-refractivity contribution in [3.63, 3.8) is 0 Å². The molecule has 0 aliphatic heterocycles. The van der Waals surface area contributed by atoms with Crippen LogP contribution in [-0.4, -0.2) is 15.0 Å². The second-order valence-electron chi connectivity index (χ2n) is 6.62. The molecule has 0 bridgehead atoms. The standard InChI is InChI=1S/C18H27BrO3/c1-13(19)7-5-8-14(20)16-10-11-17(22-16)15(21)9-6-12-18(2,3)4/h5-7,10-15,20-21H,8-9H2,1-4H3/b7-5+,12-6+. The Labute approximate surface area is 141 Å². The molecule has 0 aliphatic carbocycles. The van der Waals surface area contributed by atoms with Crippen molar-refractivity contribution in [2.75, 3.05) is 0 Å². The molecule has 0 fully saturated rings. The molecule has 22 heavy (non-hydrogen) atoms. The van der Waals surface area contributed by atoms with Crippen molar-refractivity contribution in [2.45, 2.75) is 57.6 Å². The number of hydrogen-bond acceptors (Lipinski definition) is 3. The first-order valence-electron chi connectivity index (χ1n) is 7.63. The average molecular weight is 371 g/mol. The van der Waals surface area contributed by atoms with Crippen molar-refractivity contribution in [1.82, 2.24) is 0 Å². The lowest BCUT2D eigenvalue weighted by Crippen LogP contribution is -2.00. The molecule has 3 atom stereocenters. The Morgan fingerprint density at radius 1 is 1.09 bits per heavy atom. The fourth-order valence-corrected chi connectivity index (χ4v) is 2.12. The second kappa shape index (κ2) is 8.70. The van der Waals surface area contributed by atoms with E-state index in [2.05, 4.69) is 42.8 Å². The van der Waals surface area contributed by atoms with E-state index in [0.29, 0.717) is 24.4 Å². The second-order valence-corrected chi connectivity index (χ2v) is 8.06. The quantitative estimate of drug-likeness (QED) is 0.520. The fourth-order valence-electron chi connectivity index (χ4n) is 1.90. The summed E-state index contributed by atoms with van der Waals surface area (Å²) in [4.78, 5) is 0.281. The van der Waals surface area contributed by atoms with Crippen LogP contribution in [0.25, 0.3) is 0 Å². The third kappa shape index (κ3) is 7.43. The van der Waals surface area contributed by atoms with Crippen LogP contribution in [0.4, 0.5) is 0 Å². The van der Waals surface area contributed by atoms with E-state index in [1.807, 2.05) is 25.2 Å². The van der Waals surface area contributed by atoms with E-state index < -0.39 is 12.2 Å². The molecule has 2 N–H and O–H groups in total. The molecule has 3 unspecified atom stereocenters. The van der Waals surface area contributed by atoms with Crippen LogP contribution in [0.1, 0.15) is 64.3 Å². The predicted octanol–water partition coefficient (Wildman–Crippen LogP) is 5.07. The van der Waals surface area contributed by atoms with Gasteiger partial charge < -0.3 is 14.6 Å². The minimum Gasteiger partial charge on any atom is -0.461 e. The van der Waals surface area contributed by atoms with Crippen molar-refractivity contribution in [3.05, 3.63) is 48.0 Å². The highest BCUT2D eigenvalue weighted by atomic mass is 79.9. The van der Waals surface area contributed by atoms with Gasteiger partial charge in [-0.2, -0.15) is 0 Å². The Bertz CT molecular complexity index is 495. The number of aliphatic hydroxyl groups is 2. The molecule has 1 heterocycles. The Balaban J connectivity index is 2.57. The molecule has 0 aliphatic rings. The highest BCUT2D eigenvalue weighted by molar-refractivity contribution is 9.09. The third-order valence-electron chi connectivity index (χ3n) is 3.04. The molecule has 0 amide bonds. The zero-order valence-electron chi connectivity index (χ0n) is 13.8. The van der Waals surface area contributed by atoms with E-state index in [1.54, 1.807) is 12.1 Å². The number of alkyl halides is 1. The van der Waals surface area contributed by atoms with E-state index in [1.165, 1.54) is 0 Å². The molecule has 0 radical (unpaired) electrons. The minimum atomic E-state index is -0.687. The summed E-state index contributed by atoms with van der Waals surface area (Å²) < 4.78 is 5.57. The van der Waals surface area contributed by atoms with Crippen molar-refractivity contribution in [2.24, 2.45) is 5.41 Å². The molecule has 1 aromatic rings. The summed E-state index contributed by atoms with van der Waals surface area (Å²) in [7, 11) is 0. The van der Waals surface area contributed by atoms with Gasteiger partial charge in [-0.15, -0.1) is 0 Å². The summed E-state index contributed by atoms with van der Waals surface area (Å²) in [6, 6.07) is 3.45. The highest BCUT2D eigenvalue weighted by Gasteiger charge is 2.15. The Morgan fingerprint density at radius 2 is 1.59 bits per heavy atom. The zero-order chi connectivity index (χ0) is 16.8. The summed E-state index contributed by atoms with van der Waals surface area (Å²) >= 11 is 3.41.